The molecule has 0 aromatic heterocycles. The summed E-state index contributed by atoms with van der Waals surface area (Å²) >= 11 is 0. The minimum Gasteiger partial charge on any atom is -0.327 e. The van der Waals surface area contributed by atoms with E-state index in [2.05, 4.69) is 61.2 Å². The van der Waals surface area contributed by atoms with Gasteiger partial charge >= 0.3 is 0 Å². The summed E-state index contributed by atoms with van der Waals surface area (Å²) in [4.78, 5) is 0. The maximum atomic E-state index is 5.62. The molecule has 19 heavy (non-hydrogen) atoms. The van der Waals surface area contributed by atoms with Crippen LogP contribution in [0.3, 0.4) is 0 Å². The van der Waals surface area contributed by atoms with Crippen LogP contribution in [0, 0.1) is 0 Å². The van der Waals surface area contributed by atoms with Crippen molar-refractivity contribution >= 4 is 12.2 Å². The van der Waals surface area contributed by atoms with Gasteiger partial charge in [0.2, 0.25) is 0 Å². The predicted molar refractivity (Wildman–Crippen MR) is 83.9 cm³/mol. The monoisotopic (exact) mass is 249 g/mol. The maximum Gasteiger partial charge on any atom is 0.0172 e. The lowest BCUT2D eigenvalue weighted by molar-refractivity contribution is 1.21. The van der Waals surface area contributed by atoms with E-state index in [0.717, 1.165) is 5.57 Å². The number of rotatable bonds is 3. The summed E-state index contributed by atoms with van der Waals surface area (Å²) in [6.45, 7) is 6.48. The first-order valence-electron chi connectivity index (χ1n) is 6.46. The average Bonchev–Trinajstić information content (AvgIpc) is 2.48. The molecule has 0 amide bonds. The van der Waals surface area contributed by atoms with E-state index in [1.54, 1.807) is 0 Å². The van der Waals surface area contributed by atoms with Crippen LogP contribution < -0.4 is 16.2 Å². The van der Waals surface area contributed by atoms with Crippen molar-refractivity contribution in [1.29, 1.82) is 0 Å². The molecule has 2 aromatic rings. The second kappa shape index (κ2) is 6.17. The zero-order chi connectivity index (χ0) is 13.7. The van der Waals surface area contributed by atoms with Gasteiger partial charge in [0.25, 0.3) is 0 Å². The van der Waals surface area contributed by atoms with Crippen molar-refractivity contribution < 1.29 is 0 Å². The van der Waals surface area contributed by atoms with Gasteiger partial charge in [-0.2, -0.15) is 0 Å². The highest BCUT2D eigenvalue weighted by atomic mass is 14.5. The first-order valence-corrected chi connectivity index (χ1v) is 6.46. The van der Waals surface area contributed by atoms with E-state index < -0.39 is 0 Å². The summed E-state index contributed by atoms with van der Waals surface area (Å²) in [6.07, 6.45) is 4.16. The Hall–Kier alpha value is -2.12. The van der Waals surface area contributed by atoms with Gasteiger partial charge in [0.05, 0.1) is 0 Å². The van der Waals surface area contributed by atoms with Crippen LogP contribution in [-0.4, -0.2) is 6.54 Å². The second-order valence-corrected chi connectivity index (χ2v) is 4.51. The van der Waals surface area contributed by atoms with Gasteiger partial charge in [0.15, 0.2) is 0 Å². The Labute approximate surface area is 114 Å². The summed E-state index contributed by atoms with van der Waals surface area (Å²) in [5.41, 5.74) is 8.99. The molecule has 0 aliphatic carbocycles. The molecule has 1 heteroatoms. The summed E-state index contributed by atoms with van der Waals surface area (Å²) in [5, 5.41) is 2.37. The van der Waals surface area contributed by atoms with Crippen molar-refractivity contribution in [2.24, 2.45) is 5.73 Å². The third kappa shape index (κ3) is 3.21. The Balaban J connectivity index is 2.60. The van der Waals surface area contributed by atoms with Crippen molar-refractivity contribution in [3.63, 3.8) is 0 Å². The van der Waals surface area contributed by atoms with E-state index in [9.17, 15) is 0 Å². The SMILES string of the molecule is C=C(/C=c1/cc(-c2ccccc2)cc/c1=C/C)CN. The van der Waals surface area contributed by atoms with Gasteiger partial charge in [-0.25, -0.2) is 0 Å². The van der Waals surface area contributed by atoms with Gasteiger partial charge in [-0.3, -0.25) is 0 Å². The molecular formula is C18H19N. The van der Waals surface area contributed by atoms with Crippen molar-refractivity contribution in [1.82, 2.24) is 0 Å². The molecule has 0 saturated carbocycles. The fraction of sp³-hybridized carbons (Fsp3) is 0.111. The van der Waals surface area contributed by atoms with Crippen molar-refractivity contribution in [2.75, 3.05) is 6.54 Å². The first kappa shape index (κ1) is 13.3. The van der Waals surface area contributed by atoms with Gasteiger partial charge in [0, 0.05) is 6.54 Å². The minimum atomic E-state index is 0.485. The summed E-state index contributed by atoms with van der Waals surface area (Å²) in [6, 6.07) is 16.8. The molecule has 96 valence electrons. The molecule has 0 aliphatic rings. The molecule has 0 aliphatic heterocycles. The Kier molecular flexibility index (Phi) is 4.32. The number of benzene rings is 2. The topological polar surface area (TPSA) is 26.0 Å². The van der Waals surface area contributed by atoms with E-state index in [-0.39, 0.29) is 0 Å². The average molecular weight is 249 g/mol. The molecule has 0 heterocycles. The summed E-state index contributed by atoms with van der Waals surface area (Å²) in [5.74, 6) is 0. The van der Waals surface area contributed by atoms with Gasteiger partial charge in [-0.05, 0) is 40.1 Å². The Morgan fingerprint density at radius 3 is 2.42 bits per heavy atom. The van der Waals surface area contributed by atoms with Crippen LogP contribution in [0.5, 0.6) is 0 Å². The number of hydrogen-bond donors (Lipinski definition) is 1. The Morgan fingerprint density at radius 1 is 1.05 bits per heavy atom. The van der Waals surface area contributed by atoms with Crippen LogP contribution in [0.25, 0.3) is 23.3 Å². The third-order valence-electron chi connectivity index (χ3n) is 3.13. The van der Waals surface area contributed by atoms with Crippen LogP contribution in [0.2, 0.25) is 0 Å². The van der Waals surface area contributed by atoms with Crippen LogP contribution in [0.15, 0.2) is 60.7 Å². The quantitative estimate of drug-likeness (QED) is 0.888. The predicted octanol–water partition coefficient (Wildman–Crippen LogP) is 2.45. The van der Waals surface area contributed by atoms with Crippen LogP contribution in [0.1, 0.15) is 6.92 Å². The molecule has 2 N–H and O–H groups in total. The zero-order valence-electron chi connectivity index (χ0n) is 11.3. The molecule has 2 rings (SSSR count). The Bertz CT molecular complexity index is 681. The van der Waals surface area contributed by atoms with E-state index in [1.807, 2.05) is 13.0 Å². The maximum absolute atomic E-state index is 5.62. The second-order valence-electron chi connectivity index (χ2n) is 4.51. The molecule has 0 saturated heterocycles. The third-order valence-corrected chi connectivity index (χ3v) is 3.13. The standard InChI is InChI=1S/C18H19N/c1-3-15-9-10-17(16-7-5-4-6-8-16)12-18(15)11-14(2)13-19/h3-12H,2,13,19H2,1H3/b15-3-,18-11-. The number of nitrogens with two attached hydrogens (primary N) is 1. The molecular weight excluding hydrogens is 230 g/mol. The molecule has 0 spiro atoms. The number of hydrogen-bond acceptors (Lipinski definition) is 1. The van der Waals surface area contributed by atoms with Crippen molar-refractivity contribution in [2.45, 2.75) is 6.92 Å². The fourth-order valence-electron chi connectivity index (χ4n) is 2.05. The molecule has 0 atom stereocenters. The lowest BCUT2D eigenvalue weighted by atomic mass is 10.0. The van der Waals surface area contributed by atoms with Gasteiger partial charge in [-0.15, -0.1) is 0 Å². The van der Waals surface area contributed by atoms with E-state index in [0.29, 0.717) is 6.54 Å². The Morgan fingerprint density at radius 2 is 1.79 bits per heavy atom. The van der Waals surface area contributed by atoms with E-state index >= 15 is 0 Å². The van der Waals surface area contributed by atoms with Crippen LogP contribution in [-0.2, 0) is 0 Å². The smallest absolute Gasteiger partial charge is 0.0172 e. The fourth-order valence-corrected chi connectivity index (χ4v) is 2.05. The summed E-state index contributed by atoms with van der Waals surface area (Å²) < 4.78 is 0. The minimum absolute atomic E-state index is 0.485. The first-order chi connectivity index (χ1) is 9.24. The van der Waals surface area contributed by atoms with Gasteiger partial charge in [-0.1, -0.05) is 61.2 Å². The molecule has 1 nitrogen and oxygen atoms in total. The largest absolute Gasteiger partial charge is 0.327 e. The lowest BCUT2D eigenvalue weighted by Gasteiger charge is -2.02. The lowest BCUT2D eigenvalue weighted by Crippen LogP contribution is -2.24. The highest BCUT2D eigenvalue weighted by Gasteiger charge is 1.96. The normalized spacial score (nSPS) is 12.7. The highest BCUT2D eigenvalue weighted by molar-refractivity contribution is 5.64. The molecule has 0 unspecified atom stereocenters. The summed E-state index contributed by atoms with van der Waals surface area (Å²) in [7, 11) is 0. The van der Waals surface area contributed by atoms with E-state index in [4.69, 9.17) is 5.73 Å². The molecule has 2 aromatic carbocycles. The zero-order valence-corrected chi connectivity index (χ0v) is 11.3. The molecule has 0 bridgehead atoms. The van der Waals surface area contributed by atoms with Gasteiger partial charge < -0.3 is 5.73 Å². The van der Waals surface area contributed by atoms with Crippen molar-refractivity contribution in [3.8, 4) is 11.1 Å². The van der Waals surface area contributed by atoms with E-state index in [1.165, 1.54) is 21.6 Å². The van der Waals surface area contributed by atoms with Crippen LogP contribution >= 0.6 is 0 Å². The van der Waals surface area contributed by atoms with Crippen LogP contribution in [0.4, 0.5) is 0 Å². The molecule has 0 radical (unpaired) electrons. The van der Waals surface area contributed by atoms with Crippen molar-refractivity contribution in [3.05, 3.63) is 71.1 Å². The highest BCUT2D eigenvalue weighted by Crippen LogP contribution is 2.15. The van der Waals surface area contributed by atoms with Gasteiger partial charge in [0.1, 0.15) is 0 Å². The molecule has 0 fully saturated rings.